The van der Waals surface area contributed by atoms with Crippen molar-refractivity contribution in [2.24, 2.45) is 0 Å². The van der Waals surface area contributed by atoms with Gasteiger partial charge in [0.2, 0.25) is 5.13 Å². The first kappa shape index (κ1) is 19.3. The minimum atomic E-state index is -0.250. The summed E-state index contributed by atoms with van der Waals surface area (Å²) in [6.07, 6.45) is 1.04. The SMILES string of the molecule is CCc1ccc(SCCn2sc(Nc3ccc(Cl)c(Cl)c3)nc2=O)cc1. The smallest absolute Gasteiger partial charge is 0.330 e. The lowest BCUT2D eigenvalue weighted by Gasteiger charge is -2.04. The molecule has 0 unspecified atom stereocenters. The quantitative estimate of drug-likeness (QED) is 0.492. The molecule has 0 aliphatic carbocycles. The number of aromatic nitrogens is 2. The highest BCUT2D eigenvalue weighted by atomic mass is 35.5. The lowest BCUT2D eigenvalue weighted by atomic mass is 10.2. The molecule has 4 nitrogen and oxygen atoms in total. The standard InChI is InChI=1S/C18H17Cl2N3OS2/c1-2-12-3-6-14(7-4-12)25-10-9-23-18(24)22-17(26-23)21-13-5-8-15(19)16(20)11-13/h3-8,11H,2,9-10H2,1H3,(H,21,22,24). The van der Waals surface area contributed by atoms with Gasteiger partial charge in [-0.25, -0.2) is 8.75 Å². The van der Waals surface area contributed by atoms with Crippen LogP contribution in [0.25, 0.3) is 0 Å². The molecule has 0 saturated heterocycles. The Morgan fingerprint density at radius 3 is 2.62 bits per heavy atom. The molecule has 1 aromatic heterocycles. The molecular formula is C18H17Cl2N3OS2. The fourth-order valence-electron chi connectivity index (χ4n) is 2.26. The molecule has 136 valence electrons. The highest BCUT2D eigenvalue weighted by molar-refractivity contribution is 7.99. The molecule has 1 N–H and O–H groups in total. The fraction of sp³-hybridized carbons (Fsp3) is 0.222. The van der Waals surface area contributed by atoms with Gasteiger partial charge >= 0.3 is 5.69 Å². The van der Waals surface area contributed by atoms with Crippen molar-refractivity contribution in [2.45, 2.75) is 24.8 Å². The van der Waals surface area contributed by atoms with Crippen molar-refractivity contribution in [3.8, 4) is 0 Å². The Morgan fingerprint density at radius 1 is 1.15 bits per heavy atom. The fourth-order valence-corrected chi connectivity index (χ4v) is 4.31. The molecule has 0 aliphatic heterocycles. The number of hydrogen-bond acceptors (Lipinski definition) is 5. The van der Waals surface area contributed by atoms with Crippen LogP contribution >= 0.6 is 46.5 Å². The third kappa shape index (κ3) is 5.04. The summed E-state index contributed by atoms with van der Waals surface area (Å²) in [4.78, 5) is 17.3. The van der Waals surface area contributed by atoms with Crippen LogP contribution in [0.3, 0.4) is 0 Å². The molecule has 0 fully saturated rings. The number of nitrogens with zero attached hydrogens (tertiary/aromatic N) is 2. The van der Waals surface area contributed by atoms with Gasteiger partial charge in [-0.2, -0.15) is 4.98 Å². The molecule has 0 bridgehead atoms. The van der Waals surface area contributed by atoms with Gasteiger partial charge in [0.15, 0.2) is 0 Å². The number of benzene rings is 2. The van der Waals surface area contributed by atoms with Gasteiger partial charge in [-0.3, -0.25) is 0 Å². The maximum atomic E-state index is 12.0. The molecule has 0 aliphatic rings. The van der Waals surface area contributed by atoms with E-state index in [4.69, 9.17) is 23.2 Å². The molecule has 8 heteroatoms. The highest BCUT2D eigenvalue weighted by Crippen LogP contribution is 2.27. The van der Waals surface area contributed by atoms with Crippen LogP contribution in [0.2, 0.25) is 10.0 Å². The van der Waals surface area contributed by atoms with Crippen molar-refractivity contribution in [1.82, 2.24) is 8.94 Å². The Balaban J connectivity index is 1.59. The molecule has 0 radical (unpaired) electrons. The largest absolute Gasteiger partial charge is 0.359 e. The van der Waals surface area contributed by atoms with E-state index in [1.54, 1.807) is 33.9 Å². The van der Waals surface area contributed by atoms with Crippen LogP contribution in [-0.4, -0.2) is 14.7 Å². The average Bonchev–Trinajstić information content (AvgIpc) is 2.98. The van der Waals surface area contributed by atoms with Crippen LogP contribution in [0.4, 0.5) is 10.8 Å². The summed E-state index contributed by atoms with van der Waals surface area (Å²) in [5.74, 6) is 0.805. The number of rotatable bonds is 7. The molecule has 3 rings (SSSR count). The summed E-state index contributed by atoms with van der Waals surface area (Å²) in [5.41, 5.74) is 1.82. The summed E-state index contributed by atoms with van der Waals surface area (Å²) in [6, 6.07) is 13.7. The van der Waals surface area contributed by atoms with E-state index in [-0.39, 0.29) is 5.69 Å². The van der Waals surface area contributed by atoms with Crippen molar-refractivity contribution in [3.05, 3.63) is 68.6 Å². The van der Waals surface area contributed by atoms with Crippen molar-refractivity contribution in [3.63, 3.8) is 0 Å². The van der Waals surface area contributed by atoms with Crippen molar-refractivity contribution in [2.75, 3.05) is 11.1 Å². The van der Waals surface area contributed by atoms with Crippen LogP contribution in [0.5, 0.6) is 0 Å². The van der Waals surface area contributed by atoms with Gasteiger partial charge in [-0.15, -0.1) is 11.8 Å². The van der Waals surface area contributed by atoms with Gasteiger partial charge in [0, 0.05) is 22.9 Å². The van der Waals surface area contributed by atoms with Gasteiger partial charge < -0.3 is 5.32 Å². The predicted octanol–water partition coefficient (Wildman–Crippen LogP) is 5.71. The third-order valence-corrected chi connectivity index (χ3v) is 6.33. The molecule has 0 amide bonds. The van der Waals surface area contributed by atoms with E-state index >= 15 is 0 Å². The number of anilines is 2. The maximum absolute atomic E-state index is 12.0. The van der Waals surface area contributed by atoms with Crippen molar-refractivity contribution >= 4 is 57.3 Å². The van der Waals surface area contributed by atoms with Crippen LogP contribution in [-0.2, 0) is 13.0 Å². The second-order valence-corrected chi connectivity index (χ2v) is 8.49. The average molecular weight is 426 g/mol. The number of nitrogens with one attached hydrogen (secondary N) is 1. The lowest BCUT2D eigenvalue weighted by Crippen LogP contribution is -2.16. The monoisotopic (exact) mass is 425 g/mol. The summed E-state index contributed by atoms with van der Waals surface area (Å²) < 4.78 is 1.65. The Bertz CT molecular complexity index is 938. The van der Waals surface area contributed by atoms with E-state index in [0.717, 1.165) is 17.9 Å². The molecule has 26 heavy (non-hydrogen) atoms. The minimum Gasteiger partial charge on any atom is -0.330 e. The first-order valence-electron chi connectivity index (χ1n) is 8.07. The van der Waals surface area contributed by atoms with Crippen LogP contribution in [0, 0.1) is 0 Å². The normalized spacial score (nSPS) is 10.9. The number of hydrogen-bond donors (Lipinski definition) is 1. The second kappa shape index (κ2) is 8.95. The Hall–Kier alpha value is -1.47. The third-order valence-electron chi connectivity index (χ3n) is 3.67. The van der Waals surface area contributed by atoms with Gasteiger partial charge in [0.05, 0.1) is 10.0 Å². The summed E-state index contributed by atoms with van der Waals surface area (Å²) in [7, 11) is 0. The summed E-state index contributed by atoms with van der Waals surface area (Å²) in [6.45, 7) is 2.75. The molecule has 1 heterocycles. The van der Waals surface area contributed by atoms with Gasteiger partial charge in [0.1, 0.15) is 0 Å². The van der Waals surface area contributed by atoms with E-state index < -0.39 is 0 Å². The molecule has 0 spiro atoms. The number of thioether (sulfide) groups is 1. The van der Waals surface area contributed by atoms with Crippen LogP contribution in [0.1, 0.15) is 12.5 Å². The maximum Gasteiger partial charge on any atom is 0.359 e. The van der Waals surface area contributed by atoms with Gasteiger partial charge in [0.25, 0.3) is 0 Å². The Kier molecular flexibility index (Phi) is 6.64. The van der Waals surface area contributed by atoms with E-state index in [1.165, 1.54) is 22.0 Å². The first-order chi connectivity index (χ1) is 12.5. The second-order valence-electron chi connectivity index (χ2n) is 5.49. The first-order valence-corrected chi connectivity index (χ1v) is 10.6. The Morgan fingerprint density at radius 2 is 1.92 bits per heavy atom. The van der Waals surface area contributed by atoms with Gasteiger partial charge in [-0.05, 0) is 53.8 Å². The Labute approximate surface area is 170 Å². The van der Waals surface area contributed by atoms with Crippen LogP contribution < -0.4 is 11.0 Å². The number of halogens is 2. The number of aryl methyl sites for hydroxylation is 2. The van der Waals surface area contributed by atoms with Crippen molar-refractivity contribution in [1.29, 1.82) is 0 Å². The highest BCUT2D eigenvalue weighted by Gasteiger charge is 2.08. The molecule has 0 saturated carbocycles. The van der Waals surface area contributed by atoms with E-state index in [0.29, 0.717) is 21.7 Å². The topological polar surface area (TPSA) is 46.9 Å². The summed E-state index contributed by atoms with van der Waals surface area (Å²) in [5, 5.41) is 4.56. The van der Waals surface area contributed by atoms with Crippen LogP contribution in [0.15, 0.2) is 52.2 Å². The predicted molar refractivity (Wildman–Crippen MR) is 113 cm³/mol. The van der Waals surface area contributed by atoms with Gasteiger partial charge in [-0.1, -0.05) is 42.3 Å². The lowest BCUT2D eigenvalue weighted by molar-refractivity contribution is 0.797. The van der Waals surface area contributed by atoms with E-state index in [2.05, 4.69) is 41.5 Å². The van der Waals surface area contributed by atoms with E-state index in [1.807, 2.05) is 0 Å². The zero-order valence-electron chi connectivity index (χ0n) is 14.0. The van der Waals surface area contributed by atoms with E-state index in [9.17, 15) is 4.79 Å². The minimum absolute atomic E-state index is 0.250. The summed E-state index contributed by atoms with van der Waals surface area (Å²) >= 11 is 14.9. The molecule has 0 atom stereocenters. The van der Waals surface area contributed by atoms with Crippen molar-refractivity contribution < 1.29 is 0 Å². The zero-order valence-corrected chi connectivity index (χ0v) is 17.2. The zero-order chi connectivity index (χ0) is 18.5. The molecular weight excluding hydrogens is 409 g/mol. The molecule has 2 aromatic carbocycles. The molecule has 3 aromatic rings.